The molecule has 2 N–H and O–H groups in total. The molecule has 2 rings (SSSR count). The van der Waals surface area contributed by atoms with Crippen LogP contribution in [0.3, 0.4) is 0 Å². The summed E-state index contributed by atoms with van der Waals surface area (Å²) in [5, 5.41) is 6.11. The molecular formula is C14H22N4O. The van der Waals surface area contributed by atoms with Crippen molar-refractivity contribution in [1.29, 1.82) is 0 Å². The number of anilines is 1. The van der Waals surface area contributed by atoms with Crippen LogP contribution in [0.4, 0.5) is 5.82 Å². The Hall–Kier alpha value is -1.65. The monoisotopic (exact) mass is 262 g/mol. The first-order chi connectivity index (χ1) is 9.19. The van der Waals surface area contributed by atoms with E-state index in [0.717, 1.165) is 19.4 Å². The van der Waals surface area contributed by atoms with Crippen LogP contribution in [0.2, 0.25) is 0 Å². The van der Waals surface area contributed by atoms with Gasteiger partial charge >= 0.3 is 0 Å². The van der Waals surface area contributed by atoms with Crippen molar-refractivity contribution in [2.24, 2.45) is 5.92 Å². The number of nitrogens with zero attached hydrogens (tertiary/aromatic N) is 2. The van der Waals surface area contributed by atoms with E-state index in [0.29, 0.717) is 17.4 Å². The molecule has 1 aliphatic carbocycles. The van der Waals surface area contributed by atoms with Gasteiger partial charge in [-0.2, -0.15) is 0 Å². The Balaban J connectivity index is 1.91. The molecule has 5 heteroatoms. The van der Waals surface area contributed by atoms with Gasteiger partial charge < -0.3 is 10.6 Å². The Morgan fingerprint density at radius 1 is 1.37 bits per heavy atom. The summed E-state index contributed by atoms with van der Waals surface area (Å²) in [5.41, 5.74) is 0.389. The van der Waals surface area contributed by atoms with Crippen LogP contribution in [-0.2, 0) is 0 Å². The van der Waals surface area contributed by atoms with Gasteiger partial charge in [-0.3, -0.25) is 4.79 Å². The second-order valence-corrected chi connectivity index (χ2v) is 5.26. The number of carbonyl (C=O) groups is 1. The van der Waals surface area contributed by atoms with E-state index >= 15 is 0 Å². The molecule has 1 aliphatic rings. The minimum Gasteiger partial charge on any atom is -0.369 e. The molecule has 1 fully saturated rings. The van der Waals surface area contributed by atoms with Crippen molar-refractivity contribution in [3.8, 4) is 0 Å². The molecule has 2 unspecified atom stereocenters. The van der Waals surface area contributed by atoms with E-state index < -0.39 is 0 Å². The third-order valence-electron chi connectivity index (χ3n) is 3.51. The number of aromatic nitrogens is 2. The van der Waals surface area contributed by atoms with E-state index in [4.69, 9.17) is 0 Å². The highest BCUT2D eigenvalue weighted by molar-refractivity contribution is 5.92. The maximum atomic E-state index is 12.1. The molecule has 2 atom stereocenters. The zero-order valence-corrected chi connectivity index (χ0v) is 11.6. The minimum absolute atomic E-state index is 0.116. The highest BCUT2D eigenvalue weighted by Crippen LogP contribution is 2.23. The van der Waals surface area contributed by atoms with Gasteiger partial charge in [-0.1, -0.05) is 19.8 Å². The zero-order chi connectivity index (χ0) is 13.7. The third kappa shape index (κ3) is 3.91. The van der Waals surface area contributed by atoms with Crippen LogP contribution in [0.5, 0.6) is 0 Å². The lowest BCUT2D eigenvalue weighted by molar-refractivity contribution is 0.0916. The van der Waals surface area contributed by atoms with Crippen molar-refractivity contribution in [1.82, 2.24) is 15.3 Å². The van der Waals surface area contributed by atoms with Gasteiger partial charge in [-0.05, 0) is 25.7 Å². The Morgan fingerprint density at radius 2 is 2.21 bits per heavy atom. The van der Waals surface area contributed by atoms with Gasteiger partial charge in [0.1, 0.15) is 11.5 Å². The first kappa shape index (κ1) is 13.8. The van der Waals surface area contributed by atoms with Crippen molar-refractivity contribution >= 4 is 11.7 Å². The minimum atomic E-state index is -0.116. The molecule has 0 spiro atoms. The Labute approximate surface area is 114 Å². The number of hydrogen-bond acceptors (Lipinski definition) is 4. The van der Waals surface area contributed by atoms with Crippen molar-refractivity contribution < 1.29 is 4.79 Å². The summed E-state index contributed by atoms with van der Waals surface area (Å²) in [4.78, 5) is 20.4. The van der Waals surface area contributed by atoms with Gasteiger partial charge in [-0.25, -0.2) is 9.97 Å². The number of carbonyl (C=O) groups excluding carboxylic acids is 1. The summed E-state index contributed by atoms with van der Waals surface area (Å²) in [6.45, 7) is 5.02. The predicted molar refractivity (Wildman–Crippen MR) is 75.1 cm³/mol. The van der Waals surface area contributed by atoms with Crippen LogP contribution in [-0.4, -0.2) is 28.5 Å². The summed E-state index contributed by atoms with van der Waals surface area (Å²) >= 11 is 0. The molecule has 1 saturated carbocycles. The SMILES string of the molecule is CCNc1cnc(C(=O)NC2CCCC(C)C2)cn1. The van der Waals surface area contributed by atoms with E-state index in [1.165, 1.54) is 19.0 Å². The van der Waals surface area contributed by atoms with Crippen LogP contribution in [0, 0.1) is 5.92 Å². The van der Waals surface area contributed by atoms with E-state index in [9.17, 15) is 4.79 Å². The standard InChI is InChI=1S/C14H22N4O/c1-3-15-13-9-16-12(8-17-13)14(19)18-11-6-4-5-10(2)7-11/h8-11H,3-7H2,1-2H3,(H,15,17)(H,18,19). The van der Waals surface area contributed by atoms with Gasteiger partial charge in [0.05, 0.1) is 12.4 Å². The van der Waals surface area contributed by atoms with Gasteiger partial charge in [0.2, 0.25) is 0 Å². The summed E-state index contributed by atoms with van der Waals surface area (Å²) in [7, 11) is 0. The van der Waals surface area contributed by atoms with E-state index in [-0.39, 0.29) is 11.9 Å². The third-order valence-corrected chi connectivity index (χ3v) is 3.51. The number of amides is 1. The molecule has 0 saturated heterocycles. The number of hydrogen-bond donors (Lipinski definition) is 2. The average molecular weight is 262 g/mol. The number of nitrogens with one attached hydrogen (secondary N) is 2. The molecular weight excluding hydrogens is 240 g/mol. The number of rotatable bonds is 4. The molecule has 0 aliphatic heterocycles. The molecule has 1 aromatic rings. The normalized spacial score (nSPS) is 22.8. The van der Waals surface area contributed by atoms with Crippen molar-refractivity contribution in [2.75, 3.05) is 11.9 Å². The van der Waals surface area contributed by atoms with E-state index in [1.807, 2.05) is 6.92 Å². The fourth-order valence-corrected chi connectivity index (χ4v) is 2.54. The van der Waals surface area contributed by atoms with Gasteiger partial charge in [0.15, 0.2) is 0 Å². The van der Waals surface area contributed by atoms with Crippen LogP contribution in [0.1, 0.15) is 50.0 Å². The zero-order valence-electron chi connectivity index (χ0n) is 11.6. The van der Waals surface area contributed by atoms with Crippen LogP contribution in [0.25, 0.3) is 0 Å². The van der Waals surface area contributed by atoms with Gasteiger partial charge in [0, 0.05) is 12.6 Å². The highest BCUT2D eigenvalue weighted by Gasteiger charge is 2.21. The van der Waals surface area contributed by atoms with Gasteiger partial charge in [-0.15, -0.1) is 0 Å². The van der Waals surface area contributed by atoms with Gasteiger partial charge in [0.25, 0.3) is 5.91 Å². The topological polar surface area (TPSA) is 66.9 Å². The quantitative estimate of drug-likeness (QED) is 0.873. The Bertz CT molecular complexity index is 418. The van der Waals surface area contributed by atoms with Crippen LogP contribution < -0.4 is 10.6 Å². The average Bonchev–Trinajstić information content (AvgIpc) is 2.40. The molecule has 5 nitrogen and oxygen atoms in total. The lowest BCUT2D eigenvalue weighted by Crippen LogP contribution is -2.38. The highest BCUT2D eigenvalue weighted by atomic mass is 16.1. The second kappa shape index (κ2) is 6.50. The van der Waals surface area contributed by atoms with Crippen LogP contribution >= 0.6 is 0 Å². The predicted octanol–water partition coefficient (Wildman–Crippen LogP) is 2.22. The fraction of sp³-hybridized carbons (Fsp3) is 0.643. The van der Waals surface area contributed by atoms with Crippen molar-refractivity contribution in [2.45, 2.75) is 45.6 Å². The summed E-state index contributed by atoms with van der Waals surface area (Å²) in [5.74, 6) is 1.28. The summed E-state index contributed by atoms with van der Waals surface area (Å²) in [6.07, 6.45) is 7.72. The first-order valence-electron chi connectivity index (χ1n) is 7.05. The molecule has 104 valence electrons. The maximum Gasteiger partial charge on any atom is 0.271 e. The molecule has 1 amide bonds. The van der Waals surface area contributed by atoms with Crippen molar-refractivity contribution in [3.63, 3.8) is 0 Å². The Morgan fingerprint density at radius 3 is 2.84 bits per heavy atom. The molecule has 0 radical (unpaired) electrons. The molecule has 1 aromatic heterocycles. The summed E-state index contributed by atoms with van der Waals surface area (Å²) < 4.78 is 0. The second-order valence-electron chi connectivity index (χ2n) is 5.26. The first-order valence-corrected chi connectivity index (χ1v) is 7.05. The van der Waals surface area contributed by atoms with Crippen molar-refractivity contribution in [3.05, 3.63) is 18.1 Å². The summed E-state index contributed by atoms with van der Waals surface area (Å²) in [6, 6.07) is 0.284. The van der Waals surface area contributed by atoms with E-state index in [2.05, 4.69) is 27.5 Å². The largest absolute Gasteiger partial charge is 0.369 e. The lowest BCUT2D eigenvalue weighted by atomic mass is 9.87. The maximum absolute atomic E-state index is 12.1. The fourth-order valence-electron chi connectivity index (χ4n) is 2.54. The van der Waals surface area contributed by atoms with Crippen LogP contribution in [0.15, 0.2) is 12.4 Å². The molecule has 0 bridgehead atoms. The Kier molecular flexibility index (Phi) is 4.71. The van der Waals surface area contributed by atoms with E-state index in [1.54, 1.807) is 6.20 Å². The molecule has 19 heavy (non-hydrogen) atoms. The lowest BCUT2D eigenvalue weighted by Gasteiger charge is -2.27. The smallest absolute Gasteiger partial charge is 0.271 e. The molecule has 0 aromatic carbocycles. The molecule has 1 heterocycles.